The van der Waals surface area contributed by atoms with Gasteiger partial charge in [0, 0.05) is 25.0 Å². The Labute approximate surface area is 76.6 Å². The van der Waals surface area contributed by atoms with Gasteiger partial charge in [-0.1, -0.05) is 0 Å². The molecule has 2 unspecified atom stereocenters. The van der Waals surface area contributed by atoms with Crippen molar-refractivity contribution < 1.29 is 0 Å². The van der Waals surface area contributed by atoms with Crippen molar-refractivity contribution in [2.45, 2.75) is 18.3 Å². The number of aryl methyl sites for hydroxylation is 1. The molecule has 1 aliphatic heterocycles. The van der Waals surface area contributed by atoms with Gasteiger partial charge < -0.3 is 4.57 Å². The van der Waals surface area contributed by atoms with Gasteiger partial charge in [-0.2, -0.15) is 0 Å². The molecule has 3 nitrogen and oxygen atoms in total. The lowest BCUT2D eigenvalue weighted by molar-refractivity contribution is 0.611. The maximum Gasteiger partial charge on any atom is 0.0980 e. The van der Waals surface area contributed by atoms with Crippen LogP contribution in [0.5, 0.6) is 0 Å². The van der Waals surface area contributed by atoms with Crippen molar-refractivity contribution >= 4 is 11.8 Å². The number of aromatic nitrogens is 2. The number of imidazole rings is 1. The first-order valence-corrected chi connectivity index (χ1v) is 5.16. The van der Waals surface area contributed by atoms with Crippen LogP contribution in [0.3, 0.4) is 0 Å². The SMILES string of the molecule is CC1CSC(c2cn(C)cn2)N1. The predicted octanol–water partition coefficient (Wildman–Crippen LogP) is 1.14. The average molecular weight is 183 g/mol. The van der Waals surface area contributed by atoms with Crippen molar-refractivity contribution in [3.05, 3.63) is 18.2 Å². The third kappa shape index (κ3) is 1.49. The molecule has 0 saturated carbocycles. The zero-order valence-corrected chi connectivity index (χ0v) is 8.14. The highest BCUT2D eigenvalue weighted by atomic mass is 32.2. The number of hydrogen-bond donors (Lipinski definition) is 1. The van der Waals surface area contributed by atoms with Gasteiger partial charge in [-0.05, 0) is 6.92 Å². The molecule has 0 aliphatic carbocycles. The van der Waals surface area contributed by atoms with Crippen LogP contribution in [0, 0.1) is 0 Å². The molecule has 2 atom stereocenters. The molecule has 2 rings (SSSR count). The van der Waals surface area contributed by atoms with Gasteiger partial charge in [0.15, 0.2) is 0 Å². The summed E-state index contributed by atoms with van der Waals surface area (Å²) in [6.45, 7) is 2.20. The summed E-state index contributed by atoms with van der Waals surface area (Å²) in [5, 5.41) is 3.87. The van der Waals surface area contributed by atoms with Crippen LogP contribution in [0.15, 0.2) is 12.5 Å². The summed E-state index contributed by atoms with van der Waals surface area (Å²) < 4.78 is 1.99. The van der Waals surface area contributed by atoms with Crippen molar-refractivity contribution in [1.82, 2.24) is 14.9 Å². The number of thioether (sulfide) groups is 1. The summed E-state index contributed by atoms with van der Waals surface area (Å²) >= 11 is 1.93. The monoisotopic (exact) mass is 183 g/mol. The molecular formula is C8H13N3S. The molecular weight excluding hydrogens is 170 g/mol. The lowest BCUT2D eigenvalue weighted by Crippen LogP contribution is -2.22. The van der Waals surface area contributed by atoms with E-state index < -0.39 is 0 Å². The number of rotatable bonds is 1. The molecule has 2 heterocycles. The van der Waals surface area contributed by atoms with Crippen LogP contribution in [0.4, 0.5) is 0 Å². The smallest absolute Gasteiger partial charge is 0.0980 e. The topological polar surface area (TPSA) is 29.9 Å². The van der Waals surface area contributed by atoms with Gasteiger partial charge in [-0.25, -0.2) is 4.98 Å². The fourth-order valence-electron chi connectivity index (χ4n) is 1.33. The van der Waals surface area contributed by atoms with E-state index in [0.717, 1.165) is 5.69 Å². The zero-order valence-electron chi connectivity index (χ0n) is 7.32. The van der Waals surface area contributed by atoms with E-state index in [1.165, 1.54) is 5.75 Å². The van der Waals surface area contributed by atoms with Gasteiger partial charge in [0.2, 0.25) is 0 Å². The van der Waals surface area contributed by atoms with Crippen molar-refractivity contribution in [3.63, 3.8) is 0 Å². The van der Waals surface area contributed by atoms with Gasteiger partial charge in [-0.3, -0.25) is 5.32 Å². The Bertz CT molecular complexity index is 271. The standard InChI is InChI=1S/C8H13N3S/c1-6-4-12-8(10-6)7-3-11(2)5-9-7/h3,5-6,8,10H,4H2,1-2H3. The number of nitrogens with one attached hydrogen (secondary N) is 1. The van der Waals surface area contributed by atoms with Crippen molar-refractivity contribution in [2.24, 2.45) is 7.05 Å². The van der Waals surface area contributed by atoms with E-state index in [2.05, 4.69) is 23.4 Å². The first kappa shape index (κ1) is 8.13. The van der Waals surface area contributed by atoms with Gasteiger partial charge in [0.1, 0.15) is 0 Å². The highest BCUT2D eigenvalue weighted by Crippen LogP contribution is 2.30. The minimum absolute atomic E-state index is 0.404. The van der Waals surface area contributed by atoms with Gasteiger partial charge in [0.25, 0.3) is 0 Å². The molecule has 1 aromatic heterocycles. The minimum atomic E-state index is 0.404. The molecule has 0 bridgehead atoms. The van der Waals surface area contributed by atoms with Gasteiger partial charge in [0.05, 0.1) is 17.4 Å². The van der Waals surface area contributed by atoms with Crippen LogP contribution in [-0.4, -0.2) is 21.3 Å². The fraction of sp³-hybridized carbons (Fsp3) is 0.625. The maximum absolute atomic E-state index is 4.31. The number of hydrogen-bond acceptors (Lipinski definition) is 3. The second-order valence-electron chi connectivity index (χ2n) is 3.25. The Morgan fingerprint density at radius 1 is 1.75 bits per heavy atom. The molecule has 0 amide bonds. The summed E-state index contributed by atoms with van der Waals surface area (Å²) in [6, 6.07) is 0.613. The van der Waals surface area contributed by atoms with E-state index in [0.29, 0.717) is 11.4 Å². The highest BCUT2D eigenvalue weighted by molar-refractivity contribution is 7.99. The minimum Gasteiger partial charge on any atom is -0.340 e. The zero-order chi connectivity index (χ0) is 8.55. The van der Waals surface area contributed by atoms with E-state index in [4.69, 9.17) is 0 Å². The fourth-order valence-corrected chi connectivity index (χ4v) is 2.53. The van der Waals surface area contributed by atoms with E-state index in [1.54, 1.807) is 0 Å². The van der Waals surface area contributed by atoms with Gasteiger partial charge in [-0.15, -0.1) is 11.8 Å². The second-order valence-corrected chi connectivity index (χ2v) is 4.38. The summed E-state index contributed by atoms with van der Waals surface area (Å²) in [5.41, 5.74) is 1.15. The number of nitrogens with zero attached hydrogens (tertiary/aromatic N) is 2. The average Bonchev–Trinajstić information content (AvgIpc) is 2.58. The lowest BCUT2D eigenvalue weighted by atomic mass is 10.3. The van der Waals surface area contributed by atoms with E-state index in [-0.39, 0.29) is 0 Å². The molecule has 1 saturated heterocycles. The molecule has 1 aliphatic rings. The Hall–Kier alpha value is -0.480. The third-order valence-electron chi connectivity index (χ3n) is 1.94. The van der Waals surface area contributed by atoms with E-state index in [9.17, 15) is 0 Å². The molecule has 0 radical (unpaired) electrons. The maximum atomic E-state index is 4.31. The second kappa shape index (κ2) is 3.11. The van der Waals surface area contributed by atoms with Crippen LogP contribution in [0.2, 0.25) is 0 Å². The molecule has 0 spiro atoms. The Morgan fingerprint density at radius 2 is 2.58 bits per heavy atom. The molecule has 4 heteroatoms. The van der Waals surface area contributed by atoms with Gasteiger partial charge >= 0.3 is 0 Å². The molecule has 1 aromatic rings. The van der Waals surface area contributed by atoms with Crippen molar-refractivity contribution in [2.75, 3.05) is 5.75 Å². The highest BCUT2D eigenvalue weighted by Gasteiger charge is 2.23. The molecule has 12 heavy (non-hydrogen) atoms. The van der Waals surface area contributed by atoms with Crippen LogP contribution in [0.1, 0.15) is 18.0 Å². The quantitative estimate of drug-likeness (QED) is 0.708. The summed E-state index contributed by atoms with van der Waals surface area (Å²) in [7, 11) is 2.00. The van der Waals surface area contributed by atoms with E-state index in [1.807, 2.05) is 29.7 Å². The summed E-state index contributed by atoms with van der Waals surface area (Å²) in [6.07, 6.45) is 3.92. The first-order chi connectivity index (χ1) is 5.75. The van der Waals surface area contributed by atoms with E-state index >= 15 is 0 Å². The molecule has 0 aromatic carbocycles. The van der Waals surface area contributed by atoms with Crippen LogP contribution >= 0.6 is 11.8 Å². The van der Waals surface area contributed by atoms with Crippen molar-refractivity contribution in [1.29, 1.82) is 0 Å². The van der Waals surface area contributed by atoms with Crippen molar-refractivity contribution in [3.8, 4) is 0 Å². The Kier molecular flexibility index (Phi) is 2.11. The largest absolute Gasteiger partial charge is 0.340 e. The van der Waals surface area contributed by atoms with Crippen LogP contribution in [-0.2, 0) is 7.05 Å². The van der Waals surface area contributed by atoms with Crippen LogP contribution < -0.4 is 5.32 Å². The molecule has 1 N–H and O–H groups in total. The van der Waals surface area contributed by atoms with Crippen LogP contribution in [0.25, 0.3) is 0 Å². The predicted molar refractivity (Wildman–Crippen MR) is 51.0 cm³/mol. The molecule has 66 valence electrons. The lowest BCUT2D eigenvalue weighted by Gasteiger charge is -2.06. The Balaban J connectivity index is 2.11. The first-order valence-electron chi connectivity index (χ1n) is 4.11. The Morgan fingerprint density at radius 3 is 3.08 bits per heavy atom. The summed E-state index contributed by atoms with van der Waals surface area (Å²) in [5.74, 6) is 1.18. The normalized spacial score (nSPS) is 29.5. The summed E-state index contributed by atoms with van der Waals surface area (Å²) in [4.78, 5) is 4.31. The third-order valence-corrected chi connectivity index (χ3v) is 3.35. The molecule has 1 fully saturated rings.